The number of benzene rings is 4. The van der Waals surface area contributed by atoms with E-state index in [0.717, 1.165) is 33.3 Å². The van der Waals surface area contributed by atoms with E-state index in [1.165, 1.54) is 24.5 Å². The van der Waals surface area contributed by atoms with Crippen molar-refractivity contribution in [3.63, 3.8) is 0 Å². The van der Waals surface area contributed by atoms with Gasteiger partial charge in [-0.1, -0.05) is 60.2 Å². The topological polar surface area (TPSA) is 102 Å². The number of nitrogens with one attached hydrogen (secondary N) is 2. The zero-order chi connectivity index (χ0) is 30.5. The Morgan fingerprint density at radius 3 is 2.73 bits per heavy atom. The largest absolute Gasteiger partial charge is 0.487 e. The van der Waals surface area contributed by atoms with Crippen LogP contribution in [0.3, 0.4) is 0 Å². The summed E-state index contributed by atoms with van der Waals surface area (Å²) in [5.41, 5.74) is 12.4. The van der Waals surface area contributed by atoms with Gasteiger partial charge in [-0.3, -0.25) is 4.79 Å². The van der Waals surface area contributed by atoms with Gasteiger partial charge in [0.15, 0.2) is 0 Å². The van der Waals surface area contributed by atoms with Crippen LogP contribution in [0.5, 0.6) is 5.75 Å². The Morgan fingerprint density at radius 1 is 1.00 bits per heavy atom. The second kappa shape index (κ2) is 12.8. The normalized spacial score (nSPS) is 12.7. The molecule has 1 aliphatic carbocycles. The number of carbonyl (C=O) groups excluding carboxylic acids is 1. The summed E-state index contributed by atoms with van der Waals surface area (Å²) in [5, 5.41) is 7.40. The third-order valence-electron chi connectivity index (χ3n) is 7.04. The molecule has 0 spiro atoms. The second-order valence-electron chi connectivity index (χ2n) is 10.2. The lowest BCUT2D eigenvalue weighted by Crippen LogP contribution is -2.09. The van der Waals surface area contributed by atoms with E-state index in [-0.39, 0.29) is 18.3 Å². The molecule has 1 aromatic heterocycles. The maximum absolute atomic E-state index is 13.5. The lowest BCUT2D eigenvalue weighted by Gasteiger charge is -2.13. The molecule has 0 saturated heterocycles. The van der Waals surface area contributed by atoms with Crippen LogP contribution in [0.1, 0.15) is 17.5 Å². The first-order chi connectivity index (χ1) is 21.4. The van der Waals surface area contributed by atoms with Gasteiger partial charge in [0.25, 0.3) is 0 Å². The highest BCUT2D eigenvalue weighted by Crippen LogP contribution is 2.34. The number of nitrogen functional groups attached to an aromatic ring is 1. The summed E-state index contributed by atoms with van der Waals surface area (Å²) >= 11 is 6.51. The Kier molecular flexibility index (Phi) is 8.34. The molecule has 1 amide bonds. The molecule has 6 rings (SSSR count). The Hall–Kier alpha value is -5.47. The molecule has 0 aliphatic heterocycles. The predicted molar refractivity (Wildman–Crippen MR) is 174 cm³/mol. The third-order valence-corrected chi connectivity index (χ3v) is 7.34. The van der Waals surface area contributed by atoms with Gasteiger partial charge in [0.2, 0.25) is 5.91 Å². The van der Waals surface area contributed by atoms with Gasteiger partial charge in [-0.25, -0.2) is 14.4 Å². The number of aromatic nitrogens is 2. The van der Waals surface area contributed by atoms with Crippen molar-refractivity contribution in [2.75, 3.05) is 16.4 Å². The van der Waals surface area contributed by atoms with Gasteiger partial charge in [-0.2, -0.15) is 0 Å². The van der Waals surface area contributed by atoms with E-state index in [0.29, 0.717) is 39.9 Å². The van der Waals surface area contributed by atoms with Crippen LogP contribution in [0.2, 0.25) is 5.02 Å². The highest BCUT2D eigenvalue weighted by molar-refractivity contribution is 6.32. The van der Waals surface area contributed by atoms with Crippen LogP contribution in [0.4, 0.5) is 27.3 Å². The van der Waals surface area contributed by atoms with Crippen LogP contribution >= 0.6 is 11.6 Å². The minimum Gasteiger partial charge on any atom is -0.487 e. The number of hydrogen-bond donors (Lipinski definition) is 3. The number of para-hydroxylation sites is 2. The van der Waals surface area contributed by atoms with Gasteiger partial charge < -0.3 is 21.1 Å². The Morgan fingerprint density at radius 2 is 1.89 bits per heavy atom. The predicted octanol–water partition coefficient (Wildman–Crippen LogP) is 8.24. The number of hydrogen-bond acceptors (Lipinski definition) is 6. The molecular weight excluding hydrogens is 577 g/mol. The fourth-order valence-corrected chi connectivity index (χ4v) is 5.04. The van der Waals surface area contributed by atoms with E-state index in [1.807, 2.05) is 54.6 Å². The SMILES string of the molecule is Nc1ccccc1NC(=O)/C=C/C1=CC=C(c2ccc3ncnc(Nc4ccc(OCc5cccc(F)c5)c(Cl)c4)c3c2)C1. The number of amides is 1. The molecule has 218 valence electrons. The maximum Gasteiger partial charge on any atom is 0.248 e. The number of allylic oxidation sites excluding steroid dienone is 5. The van der Waals surface area contributed by atoms with E-state index in [2.05, 4.69) is 20.6 Å². The maximum atomic E-state index is 13.5. The van der Waals surface area contributed by atoms with Crippen LogP contribution in [0.15, 0.2) is 121 Å². The van der Waals surface area contributed by atoms with Crippen molar-refractivity contribution in [1.82, 2.24) is 9.97 Å². The van der Waals surface area contributed by atoms with Crippen molar-refractivity contribution < 1.29 is 13.9 Å². The molecule has 7 nitrogen and oxygen atoms in total. The van der Waals surface area contributed by atoms with Gasteiger partial charge in [0, 0.05) is 17.1 Å². The third kappa shape index (κ3) is 6.77. The number of halogens is 2. The van der Waals surface area contributed by atoms with Crippen molar-refractivity contribution in [2.45, 2.75) is 13.0 Å². The van der Waals surface area contributed by atoms with Crippen molar-refractivity contribution in [3.05, 3.63) is 143 Å². The van der Waals surface area contributed by atoms with Crippen molar-refractivity contribution in [2.24, 2.45) is 0 Å². The molecule has 0 saturated carbocycles. The number of ether oxygens (including phenoxy) is 1. The molecule has 0 bridgehead atoms. The first kappa shape index (κ1) is 28.6. The standard InChI is InChI=1S/C35H27ClFN5O2/c36-29-19-27(12-14-33(29)44-20-23-4-3-5-26(37)17-23)41-35-28-18-25(11-13-31(28)39-21-40-35)24-10-8-22(16-24)9-15-34(43)42-32-7-2-1-6-30(32)38/h1-15,17-19,21H,16,20,38H2,(H,42,43)(H,39,40,41)/b15-9+. The molecular formula is C35H27ClFN5O2. The molecule has 0 atom stereocenters. The molecule has 1 aliphatic rings. The zero-order valence-electron chi connectivity index (χ0n) is 23.4. The molecule has 44 heavy (non-hydrogen) atoms. The van der Waals surface area contributed by atoms with Crippen LogP contribution in [-0.4, -0.2) is 15.9 Å². The molecule has 0 unspecified atom stereocenters. The minimum absolute atomic E-state index is 0.196. The number of anilines is 4. The first-order valence-corrected chi connectivity index (χ1v) is 14.2. The van der Waals surface area contributed by atoms with Gasteiger partial charge in [-0.15, -0.1) is 0 Å². The van der Waals surface area contributed by atoms with E-state index >= 15 is 0 Å². The fraction of sp³-hybridized carbons (Fsp3) is 0.0571. The Bertz CT molecular complexity index is 1970. The van der Waals surface area contributed by atoms with Crippen molar-refractivity contribution >= 4 is 56.9 Å². The van der Waals surface area contributed by atoms with Crippen LogP contribution in [-0.2, 0) is 11.4 Å². The lowest BCUT2D eigenvalue weighted by molar-refractivity contribution is -0.111. The van der Waals surface area contributed by atoms with Gasteiger partial charge >= 0.3 is 0 Å². The highest BCUT2D eigenvalue weighted by atomic mass is 35.5. The summed E-state index contributed by atoms with van der Waals surface area (Å²) in [4.78, 5) is 21.3. The van der Waals surface area contributed by atoms with E-state index in [9.17, 15) is 9.18 Å². The van der Waals surface area contributed by atoms with Crippen LogP contribution in [0.25, 0.3) is 16.5 Å². The highest BCUT2D eigenvalue weighted by Gasteiger charge is 2.13. The molecule has 1 heterocycles. The summed E-state index contributed by atoms with van der Waals surface area (Å²) in [6, 6.07) is 24.8. The number of nitrogens with zero attached hydrogens (tertiary/aromatic N) is 2. The number of fused-ring (bicyclic) bond motifs is 1. The van der Waals surface area contributed by atoms with Gasteiger partial charge in [-0.05, 0) is 83.3 Å². The van der Waals surface area contributed by atoms with E-state index < -0.39 is 0 Å². The van der Waals surface area contributed by atoms with E-state index in [4.69, 9.17) is 22.1 Å². The average Bonchev–Trinajstić information content (AvgIpc) is 3.50. The number of rotatable bonds is 9. The van der Waals surface area contributed by atoms with E-state index in [1.54, 1.807) is 36.4 Å². The molecule has 5 aromatic rings. The summed E-state index contributed by atoms with van der Waals surface area (Å²) in [6.45, 7) is 0.196. The molecule has 4 N–H and O–H groups in total. The second-order valence-corrected chi connectivity index (χ2v) is 10.6. The summed E-state index contributed by atoms with van der Waals surface area (Å²) in [7, 11) is 0. The van der Waals surface area contributed by atoms with Crippen LogP contribution < -0.4 is 21.1 Å². The molecule has 0 fully saturated rings. The first-order valence-electron chi connectivity index (χ1n) is 13.8. The smallest absolute Gasteiger partial charge is 0.248 e. The molecule has 9 heteroatoms. The quantitative estimate of drug-likeness (QED) is 0.116. The average molecular weight is 604 g/mol. The fourth-order valence-electron chi connectivity index (χ4n) is 4.80. The van der Waals surface area contributed by atoms with Gasteiger partial charge in [0.05, 0.1) is 21.9 Å². The summed E-state index contributed by atoms with van der Waals surface area (Å²) in [5.74, 6) is 0.556. The monoisotopic (exact) mass is 603 g/mol. The zero-order valence-corrected chi connectivity index (χ0v) is 24.2. The van der Waals surface area contributed by atoms with Crippen LogP contribution in [0, 0.1) is 5.82 Å². The lowest BCUT2D eigenvalue weighted by atomic mass is 10.0. The number of nitrogens with two attached hydrogens (primary N) is 1. The molecule has 4 aromatic carbocycles. The Balaban J connectivity index is 1.12. The van der Waals surface area contributed by atoms with Crippen molar-refractivity contribution in [1.29, 1.82) is 0 Å². The van der Waals surface area contributed by atoms with Gasteiger partial charge in [0.1, 0.15) is 30.3 Å². The summed E-state index contributed by atoms with van der Waals surface area (Å²) in [6.07, 6.45) is 9.55. The molecule has 0 radical (unpaired) electrons. The summed E-state index contributed by atoms with van der Waals surface area (Å²) < 4.78 is 19.3. The minimum atomic E-state index is -0.315. The van der Waals surface area contributed by atoms with Crippen molar-refractivity contribution in [3.8, 4) is 5.75 Å². The Labute approximate surface area is 258 Å². The number of carbonyl (C=O) groups is 1.